The van der Waals surface area contributed by atoms with Crippen LogP contribution in [0.15, 0.2) is 0 Å². The zero-order valence-corrected chi connectivity index (χ0v) is 12.4. The second kappa shape index (κ2) is 6.92. The summed E-state index contributed by atoms with van der Waals surface area (Å²) in [5.74, 6) is -0.516. The molecule has 0 aromatic heterocycles. The van der Waals surface area contributed by atoms with E-state index < -0.39 is 11.4 Å². The number of nitrogens with one attached hydrogen (secondary N) is 1. The van der Waals surface area contributed by atoms with E-state index in [4.69, 9.17) is 0 Å². The maximum atomic E-state index is 11.9. The van der Waals surface area contributed by atoms with E-state index in [2.05, 4.69) is 5.32 Å². The van der Waals surface area contributed by atoms with Crippen molar-refractivity contribution in [2.75, 3.05) is 6.54 Å². The maximum absolute atomic E-state index is 11.9. The van der Waals surface area contributed by atoms with Crippen LogP contribution in [0.3, 0.4) is 0 Å². The number of carbonyl (C=O) groups is 2. The first kappa shape index (κ1) is 16.0. The van der Waals surface area contributed by atoms with Crippen molar-refractivity contribution in [1.29, 1.82) is 0 Å². The van der Waals surface area contributed by atoms with Gasteiger partial charge in [0.15, 0.2) is 0 Å². The predicted molar refractivity (Wildman–Crippen MR) is 74.8 cm³/mol. The van der Waals surface area contributed by atoms with Gasteiger partial charge in [-0.2, -0.15) is 0 Å². The van der Waals surface area contributed by atoms with Crippen LogP contribution in [0.25, 0.3) is 0 Å². The molecule has 110 valence electrons. The van der Waals surface area contributed by atoms with Gasteiger partial charge in [0.1, 0.15) is 0 Å². The van der Waals surface area contributed by atoms with E-state index in [1.54, 1.807) is 6.92 Å². The second-order valence-corrected chi connectivity index (χ2v) is 6.36. The summed E-state index contributed by atoms with van der Waals surface area (Å²) < 4.78 is 0. The Morgan fingerprint density at radius 3 is 2.32 bits per heavy atom. The highest BCUT2D eigenvalue weighted by atomic mass is 16.4. The van der Waals surface area contributed by atoms with E-state index in [1.807, 2.05) is 13.8 Å². The molecule has 4 heteroatoms. The molecule has 0 aromatic carbocycles. The number of hydrogen-bond acceptors (Lipinski definition) is 2. The van der Waals surface area contributed by atoms with Gasteiger partial charge in [-0.15, -0.1) is 0 Å². The van der Waals surface area contributed by atoms with Crippen LogP contribution in [0, 0.1) is 17.3 Å². The number of aliphatic carboxylic acids is 1. The zero-order valence-electron chi connectivity index (χ0n) is 12.4. The van der Waals surface area contributed by atoms with Gasteiger partial charge in [0.2, 0.25) is 5.91 Å². The minimum Gasteiger partial charge on any atom is -0.481 e. The minimum atomic E-state index is -0.976. The molecule has 0 aromatic rings. The van der Waals surface area contributed by atoms with Crippen molar-refractivity contribution < 1.29 is 14.7 Å². The van der Waals surface area contributed by atoms with Crippen LogP contribution in [0.5, 0.6) is 0 Å². The van der Waals surface area contributed by atoms with Crippen LogP contribution in [0.2, 0.25) is 0 Å². The van der Waals surface area contributed by atoms with Crippen molar-refractivity contribution in [3.05, 3.63) is 0 Å². The van der Waals surface area contributed by atoms with Crippen LogP contribution in [-0.2, 0) is 9.59 Å². The fourth-order valence-corrected chi connectivity index (χ4v) is 2.57. The monoisotopic (exact) mass is 269 g/mol. The summed E-state index contributed by atoms with van der Waals surface area (Å²) in [6.07, 6.45) is 6.22. The Morgan fingerprint density at radius 1 is 1.26 bits per heavy atom. The third-order valence-corrected chi connectivity index (χ3v) is 4.60. The van der Waals surface area contributed by atoms with Crippen LogP contribution < -0.4 is 5.32 Å². The summed E-state index contributed by atoms with van der Waals surface area (Å²) >= 11 is 0. The van der Waals surface area contributed by atoms with E-state index in [0.717, 1.165) is 0 Å². The molecule has 1 unspecified atom stereocenters. The van der Waals surface area contributed by atoms with Gasteiger partial charge >= 0.3 is 5.97 Å². The van der Waals surface area contributed by atoms with Crippen LogP contribution >= 0.6 is 0 Å². The number of carboxylic acids is 1. The van der Waals surface area contributed by atoms with E-state index in [0.29, 0.717) is 12.5 Å². The first-order chi connectivity index (χ1) is 8.86. The molecule has 0 heterocycles. The number of rotatable bonds is 6. The molecule has 0 aliphatic heterocycles. The van der Waals surface area contributed by atoms with Gasteiger partial charge in [-0.05, 0) is 31.6 Å². The third-order valence-electron chi connectivity index (χ3n) is 4.60. The van der Waals surface area contributed by atoms with Gasteiger partial charge in [0, 0.05) is 13.0 Å². The Morgan fingerprint density at radius 2 is 1.84 bits per heavy atom. The molecule has 1 fully saturated rings. The van der Waals surface area contributed by atoms with Crippen molar-refractivity contribution in [1.82, 2.24) is 5.32 Å². The lowest BCUT2D eigenvalue weighted by Crippen LogP contribution is -2.40. The van der Waals surface area contributed by atoms with Crippen LogP contribution in [-0.4, -0.2) is 23.5 Å². The highest BCUT2D eigenvalue weighted by Crippen LogP contribution is 2.31. The van der Waals surface area contributed by atoms with Crippen molar-refractivity contribution in [3.63, 3.8) is 0 Å². The smallest absolute Gasteiger partial charge is 0.310 e. The fraction of sp³-hybridized carbons (Fsp3) is 0.867. The van der Waals surface area contributed by atoms with Crippen LogP contribution in [0.4, 0.5) is 0 Å². The SMILES string of the molecule is CC(C)C(C)(CC(=O)NCC1CCCCC1)C(=O)O. The minimum absolute atomic E-state index is 0.0622. The van der Waals surface area contributed by atoms with E-state index in [9.17, 15) is 14.7 Å². The Labute approximate surface area is 116 Å². The van der Waals surface area contributed by atoms with Crippen molar-refractivity contribution >= 4 is 11.9 Å². The molecule has 1 amide bonds. The summed E-state index contributed by atoms with van der Waals surface area (Å²) in [5, 5.41) is 12.2. The van der Waals surface area contributed by atoms with Crippen molar-refractivity contribution in [2.24, 2.45) is 17.3 Å². The molecule has 19 heavy (non-hydrogen) atoms. The lowest BCUT2D eigenvalue weighted by molar-refractivity contribution is -0.153. The predicted octanol–water partition coefficient (Wildman–Crippen LogP) is 2.82. The zero-order chi connectivity index (χ0) is 14.5. The maximum Gasteiger partial charge on any atom is 0.310 e. The first-order valence-electron chi connectivity index (χ1n) is 7.36. The fourth-order valence-electron chi connectivity index (χ4n) is 2.57. The normalized spacial score (nSPS) is 20.0. The molecule has 0 saturated heterocycles. The highest BCUT2D eigenvalue weighted by Gasteiger charge is 2.38. The first-order valence-corrected chi connectivity index (χ1v) is 7.36. The van der Waals surface area contributed by atoms with Gasteiger partial charge < -0.3 is 10.4 Å². The van der Waals surface area contributed by atoms with E-state index in [1.165, 1.54) is 32.1 Å². The Balaban J connectivity index is 2.42. The summed E-state index contributed by atoms with van der Waals surface area (Å²) in [4.78, 5) is 23.3. The number of carboxylic acid groups (broad SMARTS) is 1. The number of amides is 1. The molecule has 4 nitrogen and oxygen atoms in total. The Bertz CT molecular complexity index is 321. The molecular formula is C15H27NO3. The van der Waals surface area contributed by atoms with Gasteiger partial charge in [-0.3, -0.25) is 9.59 Å². The lowest BCUT2D eigenvalue weighted by Gasteiger charge is -2.29. The highest BCUT2D eigenvalue weighted by molar-refractivity contribution is 5.84. The number of hydrogen-bond donors (Lipinski definition) is 2. The molecular weight excluding hydrogens is 242 g/mol. The molecule has 1 atom stereocenters. The van der Waals surface area contributed by atoms with Gasteiger partial charge in [-0.1, -0.05) is 33.1 Å². The molecule has 1 saturated carbocycles. The molecule has 1 aliphatic rings. The van der Waals surface area contributed by atoms with Crippen molar-refractivity contribution in [2.45, 2.75) is 59.3 Å². The summed E-state index contributed by atoms with van der Waals surface area (Å²) in [7, 11) is 0. The quantitative estimate of drug-likeness (QED) is 0.779. The van der Waals surface area contributed by atoms with Crippen LogP contribution in [0.1, 0.15) is 59.3 Å². The van der Waals surface area contributed by atoms with Gasteiger partial charge in [0.05, 0.1) is 5.41 Å². The third kappa shape index (κ3) is 4.51. The summed E-state index contributed by atoms with van der Waals surface area (Å²) in [5.41, 5.74) is -0.976. The average Bonchev–Trinajstić information content (AvgIpc) is 2.37. The molecule has 1 rings (SSSR count). The molecule has 2 N–H and O–H groups in total. The Kier molecular flexibility index (Phi) is 5.83. The average molecular weight is 269 g/mol. The number of carbonyl (C=O) groups excluding carboxylic acids is 1. The summed E-state index contributed by atoms with van der Waals surface area (Å²) in [6, 6.07) is 0. The second-order valence-electron chi connectivity index (χ2n) is 6.36. The summed E-state index contributed by atoms with van der Waals surface area (Å²) in [6.45, 7) is 6.05. The molecule has 0 spiro atoms. The van der Waals surface area contributed by atoms with E-state index >= 15 is 0 Å². The molecule has 0 radical (unpaired) electrons. The topological polar surface area (TPSA) is 66.4 Å². The molecule has 0 bridgehead atoms. The standard InChI is InChI=1S/C15H27NO3/c1-11(2)15(3,14(18)19)9-13(17)16-10-12-7-5-4-6-8-12/h11-12H,4-10H2,1-3H3,(H,16,17)(H,18,19). The van der Waals surface area contributed by atoms with Crippen molar-refractivity contribution in [3.8, 4) is 0 Å². The van der Waals surface area contributed by atoms with Gasteiger partial charge in [-0.25, -0.2) is 0 Å². The Hall–Kier alpha value is -1.06. The lowest BCUT2D eigenvalue weighted by atomic mass is 9.76. The largest absolute Gasteiger partial charge is 0.481 e. The van der Waals surface area contributed by atoms with Gasteiger partial charge in [0.25, 0.3) is 0 Å². The molecule has 1 aliphatic carbocycles. The van der Waals surface area contributed by atoms with E-state index in [-0.39, 0.29) is 18.2 Å².